The first-order valence-corrected chi connectivity index (χ1v) is 9.36. The molecule has 146 valence electrons. The van der Waals surface area contributed by atoms with E-state index in [1.807, 2.05) is 69.2 Å². The van der Waals surface area contributed by atoms with Crippen LogP contribution in [0.1, 0.15) is 28.3 Å². The van der Waals surface area contributed by atoms with E-state index in [0.29, 0.717) is 18.7 Å². The summed E-state index contributed by atoms with van der Waals surface area (Å²) in [5.74, 6) is -1.33. The molecule has 0 radical (unpaired) electrons. The Kier molecular flexibility index (Phi) is 5.66. The lowest BCUT2D eigenvalue weighted by Crippen LogP contribution is -2.35. The van der Waals surface area contributed by atoms with Crippen LogP contribution in [0.15, 0.2) is 54.1 Å². The number of Topliss-reactive ketones (excluding diaryl/α,β-unsaturated/α-hetero) is 1. The second kappa shape index (κ2) is 7.98. The lowest BCUT2D eigenvalue weighted by molar-refractivity contribution is -0.140. The molecule has 5 nitrogen and oxygen atoms in total. The fourth-order valence-corrected chi connectivity index (χ4v) is 3.38. The van der Waals surface area contributed by atoms with Gasteiger partial charge in [-0.15, -0.1) is 0 Å². The predicted octanol–water partition coefficient (Wildman–Crippen LogP) is 3.29. The van der Waals surface area contributed by atoms with E-state index in [1.165, 1.54) is 0 Å². The van der Waals surface area contributed by atoms with Gasteiger partial charge in [0.1, 0.15) is 5.76 Å². The largest absolute Gasteiger partial charge is 0.507 e. The highest BCUT2D eigenvalue weighted by molar-refractivity contribution is 6.46. The number of carbonyl (C=O) groups is 2. The minimum atomic E-state index is -0.637. The maximum Gasteiger partial charge on any atom is 0.295 e. The highest BCUT2D eigenvalue weighted by Crippen LogP contribution is 2.39. The van der Waals surface area contributed by atoms with Crippen molar-refractivity contribution in [2.45, 2.75) is 19.9 Å². The zero-order valence-electron chi connectivity index (χ0n) is 16.8. The summed E-state index contributed by atoms with van der Waals surface area (Å²) in [6.45, 7) is 4.97. The van der Waals surface area contributed by atoms with E-state index in [9.17, 15) is 14.7 Å². The number of likely N-dealkylation sites (N-methyl/N-ethyl adjacent to an activating group) is 1. The van der Waals surface area contributed by atoms with Gasteiger partial charge in [-0.05, 0) is 33.5 Å². The lowest BCUT2D eigenvalue weighted by Gasteiger charge is -2.26. The van der Waals surface area contributed by atoms with E-state index in [0.717, 1.165) is 16.7 Å². The highest BCUT2D eigenvalue weighted by Gasteiger charge is 2.45. The molecule has 1 N–H and O–H groups in total. The summed E-state index contributed by atoms with van der Waals surface area (Å²) in [6, 6.07) is 14.4. The molecule has 0 saturated carbocycles. The Bertz CT molecular complexity index is 912. The van der Waals surface area contributed by atoms with Crippen molar-refractivity contribution in [2.75, 3.05) is 27.2 Å². The van der Waals surface area contributed by atoms with E-state index in [4.69, 9.17) is 0 Å². The number of rotatable bonds is 5. The normalized spacial score (nSPS) is 18.9. The first kappa shape index (κ1) is 19.8. The quantitative estimate of drug-likeness (QED) is 0.493. The Labute approximate surface area is 165 Å². The van der Waals surface area contributed by atoms with E-state index in [-0.39, 0.29) is 11.3 Å². The van der Waals surface area contributed by atoms with E-state index >= 15 is 0 Å². The summed E-state index contributed by atoms with van der Waals surface area (Å²) < 4.78 is 0. The summed E-state index contributed by atoms with van der Waals surface area (Å²) >= 11 is 0. The molecule has 1 aliphatic heterocycles. The van der Waals surface area contributed by atoms with Crippen molar-refractivity contribution in [1.29, 1.82) is 0 Å². The molecule has 0 spiro atoms. The molecule has 0 unspecified atom stereocenters. The van der Waals surface area contributed by atoms with Gasteiger partial charge in [-0.1, -0.05) is 59.7 Å². The molecule has 0 bridgehead atoms. The molecule has 1 atom stereocenters. The molecular formula is C23H26N2O3. The number of likely N-dealkylation sites (tertiary alicyclic amines) is 1. The second-order valence-electron chi connectivity index (χ2n) is 7.57. The molecule has 2 aromatic carbocycles. The van der Waals surface area contributed by atoms with Crippen molar-refractivity contribution >= 4 is 17.4 Å². The second-order valence-corrected chi connectivity index (χ2v) is 7.57. The monoisotopic (exact) mass is 378 g/mol. The van der Waals surface area contributed by atoms with Crippen LogP contribution in [0.5, 0.6) is 0 Å². The predicted molar refractivity (Wildman–Crippen MR) is 110 cm³/mol. The van der Waals surface area contributed by atoms with Crippen LogP contribution in [0.3, 0.4) is 0 Å². The zero-order chi connectivity index (χ0) is 20.4. The SMILES string of the molecule is Cc1ccc(/C(O)=C2\C(=O)C(=O)N(CCN(C)C)[C@@H]2c2ccc(C)cc2)cc1. The molecule has 1 saturated heterocycles. The topological polar surface area (TPSA) is 60.9 Å². The van der Waals surface area contributed by atoms with Gasteiger partial charge in [-0.3, -0.25) is 9.59 Å². The number of aliphatic hydroxyl groups excluding tert-OH is 1. The Balaban J connectivity index is 2.13. The van der Waals surface area contributed by atoms with Crippen LogP contribution in [-0.4, -0.2) is 53.8 Å². The third kappa shape index (κ3) is 3.85. The molecule has 2 aromatic rings. The van der Waals surface area contributed by atoms with Crippen molar-refractivity contribution in [3.8, 4) is 0 Å². The van der Waals surface area contributed by atoms with Gasteiger partial charge in [0.05, 0.1) is 11.6 Å². The van der Waals surface area contributed by atoms with Crippen molar-refractivity contribution in [2.24, 2.45) is 0 Å². The fraction of sp³-hybridized carbons (Fsp3) is 0.304. The van der Waals surface area contributed by atoms with Gasteiger partial charge in [0.2, 0.25) is 0 Å². The number of benzene rings is 2. The van der Waals surface area contributed by atoms with E-state index in [2.05, 4.69) is 0 Å². The number of hydrogen-bond donors (Lipinski definition) is 1. The van der Waals surface area contributed by atoms with Crippen molar-refractivity contribution in [3.63, 3.8) is 0 Å². The number of hydrogen-bond acceptors (Lipinski definition) is 4. The minimum absolute atomic E-state index is 0.128. The Morgan fingerprint density at radius 1 is 0.964 bits per heavy atom. The lowest BCUT2D eigenvalue weighted by atomic mass is 9.94. The molecule has 0 aromatic heterocycles. The highest BCUT2D eigenvalue weighted by atomic mass is 16.3. The van der Waals surface area contributed by atoms with Crippen molar-refractivity contribution < 1.29 is 14.7 Å². The molecule has 1 aliphatic rings. The first-order valence-electron chi connectivity index (χ1n) is 9.36. The smallest absolute Gasteiger partial charge is 0.295 e. The molecule has 3 rings (SSSR count). The molecule has 5 heteroatoms. The summed E-state index contributed by atoms with van der Waals surface area (Å²) in [4.78, 5) is 29.2. The van der Waals surface area contributed by atoms with E-state index in [1.54, 1.807) is 17.0 Å². The van der Waals surface area contributed by atoms with Gasteiger partial charge in [0, 0.05) is 18.7 Å². The summed E-state index contributed by atoms with van der Waals surface area (Å²) in [5.41, 5.74) is 3.65. The number of ketones is 1. The summed E-state index contributed by atoms with van der Waals surface area (Å²) in [5, 5.41) is 11.0. The summed E-state index contributed by atoms with van der Waals surface area (Å²) in [7, 11) is 3.84. The Morgan fingerprint density at radius 3 is 2.04 bits per heavy atom. The minimum Gasteiger partial charge on any atom is -0.507 e. The van der Waals surface area contributed by atoms with Crippen LogP contribution in [0.25, 0.3) is 5.76 Å². The van der Waals surface area contributed by atoms with Crippen LogP contribution in [0, 0.1) is 13.8 Å². The van der Waals surface area contributed by atoms with Gasteiger partial charge in [-0.2, -0.15) is 0 Å². The molecule has 1 heterocycles. The first-order chi connectivity index (χ1) is 13.3. The zero-order valence-corrected chi connectivity index (χ0v) is 16.8. The number of nitrogens with zero attached hydrogens (tertiary/aromatic N) is 2. The van der Waals surface area contributed by atoms with Crippen molar-refractivity contribution in [1.82, 2.24) is 9.80 Å². The van der Waals surface area contributed by atoms with E-state index < -0.39 is 17.7 Å². The number of aliphatic hydroxyl groups is 1. The maximum absolute atomic E-state index is 12.9. The molecule has 1 amide bonds. The molecular weight excluding hydrogens is 352 g/mol. The third-order valence-electron chi connectivity index (χ3n) is 5.05. The average Bonchev–Trinajstić information content (AvgIpc) is 2.91. The third-order valence-corrected chi connectivity index (χ3v) is 5.05. The van der Waals surface area contributed by atoms with Gasteiger partial charge < -0.3 is 14.9 Å². The number of carbonyl (C=O) groups excluding carboxylic acids is 2. The van der Waals surface area contributed by atoms with Gasteiger partial charge in [-0.25, -0.2) is 0 Å². The van der Waals surface area contributed by atoms with Crippen LogP contribution in [0.2, 0.25) is 0 Å². The van der Waals surface area contributed by atoms with Crippen LogP contribution in [0.4, 0.5) is 0 Å². The van der Waals surface area contributed by atoms with Crippen molar-refractivity contribution in [3.05, 3.63) is 76.4 Å². The summed E-state index contributed by atoms with van der Waals surface area (Å²) in [6.07, 6.45) is 0. The van der Waals surface area contributed by atoms with Gasteiger partial charge >= 0.3 is 0 Å². The Morgan fingerprint density at radius 2 is 1.50 bits per heavy atom. The number of amides is 1. The van der Waals surface area contributed by atoms with Crippen LogP contribution < -0.4 is 0 Å². The fourth-order valence-electron chi connectivity index (χ4n) is 3.38. The molecule has 1 fully saturated rings. The van der Waals surface area contributed by atoms with Crippen LogP contribution >= 0.6 is 0 Å². The van der Waals surface area contributed by atoms with Crippen LogP contribution in [-0.2, 0) is 9.59 Å². The molecule has 28 heavy (non-hydrogen) atoms. The maximum atomic E-state index is 12.9. The standard InChI is InChI=1S/C23H26N2O3/c1-15-5-9-17(10-6-15)20-19(21(26)18-11-7-16(2)8-12-18)22(27)23(28)25(20)14-13-24(3)4/h5-12,20,26H,13-14H2,1-4H3/b21-19+/t20-/m1/s1. The molecule has 0 aliphatic carbocycles. The van der Waals surface area contributed by atoms with Gasteiger partial charge in [0.15, 0.2) is 0 Å². The Hall–Kier alpha value is -2.92. The average molecular weight is 378 g/mol. The number of aryl methyl sites for hydroxylation is 2. The van der Waals surface area contributed by atoms with Gasteiger partial charge in [0.25, 0.3) is 11.7 Å².